The third-order valence-corrected chi connectivity index (χ3v) is 2.61. The van der Waals surface area contributed by atoms with Crippen molar-refractivity contribution in [2.24, 2.45) is 0 Å². The van der Waals surface area contributed by atoms with Crippen molar-refractivity contribution in [2.75, 3.05) is 11.9 Å². The van der Waals surface area contributed by atoms with Crippen LogP contribution in [0, 0.1) is 17.1 Å². The van der Waals surface area contributed by atoms with Crippen LogP contribution in [0.4, 0.5) is 10.1 Å². The number of hydrogen-bond acceptors (Lipinski definition) is 4. The number of benzene rings is 1. The SMILES string of the molecule is CCOc1ccc(NCc2cc(F)cc(C#N)c2)cn1. The number of hydrogen-bond donors (Lipinski definition) is 1. The lowest BCUT2D eigenvalue weighted by Gasteiger charge is -2.08. The van der Waals surface area contributed by atoms with Crippen molar-refractivity contribution in [3.63, 3.8) is 0 Å². The first-order valence-corrected chi connectivity index (χ1v) is 6.23. The lowest BCUT2D eigenvalue weighted by molar-refractivity contribution is 0.327. The number of pyridine rings is 1. The van der Waals surface area contributed by atoms with E-state index < -0.39 is 5.82 Å². The predicted molar refractivity (Wildman–Crippen MR) is 73.8 cm³/mol. The van der Waals surface area contributed by atoms with Gasteiger partial charge < -0.3 is 10.1 Å². The summed E-state index contributed by atoms with van der Waals surface area (Å²) in [5.41, 5.74) is 1.82. The van der Waals surface area contributed by atoms with Crippen LogP contribution >= 0.6 is 0 Å². The van der Waals surface area contributed by atoms with Crippen LogP contribution in [0.2, 0.25) is 0 Å². The van der Waals surface area contributed by atoms with E-state index in [2.05, 4.69) is 10.3 Å². The summed E-state index contributed by atoms with van der Waals surface area (Å²) in [5.74, 6) is 0.154. The monoisotopic (exact) mass is 271 g/mol. The van der Waals surface area contributed by atoms with E-state index in [1.165, 1.54) is 12.1 Å². The van der Waals surface area contributed by atoms with E-state index in [9.17, 15) is 4.39 Å². The van der Waals surface area contributed by atoms with E-state index in [4.69, 9.17) is 10.00 Å². The number of rotatable bonds is 5. The fourth-order valence-electron chi connectivity index (χ4n) is 1.74. The van der Waals surface area contributed by atoms with Crippen LogP contribution in [0.25, 0.3) is 0 Å². The summed E-state index contributed by atoms with van der Waals surface area (Å²) >= 11 is 0. The maximum absolute atomic E-state index is 13.3. The van der Waals surface area contributed by atoms with Gasteiger partial charge in [0.15, 0.2) is 0 Å². The number of anilines is 1. The second-order valence-corrected chi connectivity index (χ2v) is 4.13. The van der Waals surface area contributed by atoms with Crippen LogP contribution in [0.1, 0.15) is 18.1 Å². The average Bonchev–Trinajstić information content (AvgIpc) is 2.46. The molecule has 1 heterocycles. The molecule has 0 atom stereocenters. The Kier molecular flexibility index (Phi) is 4.51. The molecule has 20 heavy (non-hydrogen) atoms. The predicted octanol–water partition coefficient (Wildman–Crippen LogP) is 3.10. The van der Waals surface area contributed by atoms with Gasteiger partial charge in [-0.3, -0.25) is 0 Å². The van der Waals surface area contributed by atoms with Gasteiger partial charge in [0.05, 0.1) is 30.1 Å². The topological polar surface area (TPSA) is 57.9 Å². The highest BCUT2D eigenvalue weighted by Crippen LogP contribution is 2.14. The van der Waals surface area contributed by atoms with Crippen LogP contribution < -0.4 is 10.1 Å². The molecule has 0 aliphatic carbocycles. The minimum absolute atomic E-state index is 0.312. The Morgan fingerprint density at radius 3 is 2.85 bits per heavy atom. The molecular weight excluding hydrogens is 257 g/mol. The molecule has 4 nitrogen and oxygen atoms in total. The van der Waals surface area contributed by atoms with Crippen molar-refractivity contribution in [1.82, 2.24) is 4.98 Å². The van der Waals surface area contributed by atoms with Crippen molar-refractivity contribution in [1.29, 1.82) is 5.26 Å². The Labute approximate surface area is 116 Å². The molecule has 5 heteroatoms. The average molecular weight is 271 g/mol. The Bertz CT molecular complexity index is 620. The van der Waals surface area contributed by atoms with Crippen molar-refractivity contribution in [2.45, 2.75) is 13.5 Å². The molecule has 0 radical (unpaired) electrons. The molecule has 102 valence electrons. The highest BCUT2D eigenvalue weighted by molar-refractivity contribution is 5.43. The highest BCUT2D eigenvalue weighted by atomic mass is 19.1. The number of nitriles is 1. The second-order valence-electron chi connectivity index (χ2n) is 4.13. The fraction of sp³-hybridized carbons (Fsp3) is 0.200. The van der Waals surface area contributed by atoms with Gasteiger partial charge in [0, 0.05) is 12.6 Å². The molecule has 1 N–H and O–H groups in total. The summed E-state index contributed by atoms with van der Waals surface area (Å²) < 4.78 is 18.5. The number of halogens is 1. The lowest BCUT2D eigenvalue weighted by atomic mass is 10.1. The quantitative estimate of drug-likeness (QED) is 0.907. The van der Waals surface area contributed by atoms with Gasteiger partial charge in [-0.25, -0.2) is 9.37 Å². The van der Waals surface area contributed by atoms with Crippen LogP contribution in [-0.4, -0.2) is 11.6 Å². The van der Waals surface area contributed by atoms with E-state index in [-0.39, 0.29) is 0 Å². The molecule has 0 unspecified atom stereocenters. The Balaban J connectivity index is 2.01. The van der Waals surface area contributed by atoms with Gasteiger partial charge >= 0.3 is 0 Å². The molecule has 0 aliphatic rings. The Morgan fingerprint density at radius 1 is 1.35 bits per heavy atom. The molecule has 0 bridgehead atoms. The van der Waals surface area contributed by atoms with Gasteiger partial charge in [-0.15, -0.1) is 0 Å². The maximum atomic E-state index is 13.3. The standard InChI is InChI=1S/C15H14FN3O/c1-2-20-15-4-3-14(10-19-15)18-9-12-5-11(8-17)6-13(16)7-12/h3-7,10,18H,2,9H2,1H3. The maximum Gasteiger partial charge on any atom is 0.213 e. The summed E-state index contributed by atoms with van der Waals surface area (Å²) in [6.07, 6.45) is 1.65. The second kappa shape index (κ2) is 6.53. The Hall–Kier alpha value is -2.61. The fourth-order valence-corrected chi connectivity index (χ4v) is 1.74. The molecule has 1 aromatic carbocycles. The molecule has 0 saturated heterocycles. The highest BCUT2D eigenvalue weighted by Gasteiger charge is 2.01. The summed E-state index contributed by atoms with van der Waals surface area (Å²) in [7, 11) is 0. The van der Waals surface area contributed by atoms with Crippen molar-refractivity contribution >= 4 is 5.69 Å². The molecule has 2 aromatic rings. The van der Waals surface area contributed by atoms with E-state index >= 15 is 0 Å². The van der Waals surface area contributed by atoms with Gasteiger partial charge in [0.2, 0.25) is 5.88 Å². The van der Waals surface area contributed by atoms with Crippen LogP contribution in [0.5, 0.6) is 5.88 Å². The minimum Gasteiger partial charge on any atom is -0.478 e. The van der Waals surface area contributed by atoms with Gasteiger partial charge in [0.25, 0.3) is 0 Å². The van der Waals surface area contributed by atoms with Crippen LogP contribution in [-0.2, 0) is 6.54 Å². The smallest absolute Gasteiger partial charge is 0.213 e. The van der Waals surface area contributed by atoms with Crippen LogP contribution in [0.15, 0.2) is 36.5 Å². The van der Waals surface area contributed by atoms with E-state index in [1.54, 1.807) is 18.3 Å². The largest absolute Gasteiger partial charge is 0.478 e. The van der Waals surface area contributed by atoms with E-state index in [0.29, 0.717) is 30.2 Å². The molecule has 0 saturated carbocycles. The van der Waals surface area contributed by atoms with E-state index in [1.807, 2.05) is 19.1 Å². The van der Waals surface area contributed by atoms with Crippen LogP contribution in [0.3, 0.4) is 0 Å². The lowest BCUT2D eigenvalue weighted by Crippen LogP contribution is -2.01. The third kappa shape index (κ3) is 3.69. The number of nitrogens with zero attached hydrogens (tertiary/aromatic N) is 2. The minimum atomic E-state index is -0.411. The summed E-state index contributed by atoms with van der Waals surface area (Å²) in [6.45, 7) is 2.88. The normalized spacial score (nSPS) is 9.85. The van der Waals surface area contributed by atoms with E-state index in [0.717, 1.165) is 5.69 Å². The molecule has 0 aliphatic heterocycles. The van der Waals surface area contributed by atoms with Crippen molar-refractivity contribution < 1.29 is 9.13 Å². The zero-order chi connectivity index (χ0) is 14.4. The molecule has 0 fully saturated rings. The number of nitrogens with one attached hydrogen (secondary N) is 1. The molecular formula is C15H14FN3O. The first-order valence-electron chi connectivity index (χ1n) is 6.23. The molecule has 2 rings (SSSR count). The van der Waals surface area contributed by atoms with Gasteiger partial charge in [0.1, 0.15) is 5.82 Å². The summed E-state index contributed by atoms with van der Waals surface area (Å²) in [6, 6.07) is 9.79. The van der Waals surface area contributed by atoms with Crippen molar-refractivity contribution in [3.05, 3.63) is 53.5 Å². The first kappa shape index (κ1) is 13.8. The molecule has 0 spiro atoms. The summed E-state index contributed by atoms with van der Waals surface area (Å²) in [4.78, 5) is 4.12. The summed E-state index contributed by atoms with van der Waals surface area (Å²) in [5, 5.41) is 11.9. The third-order valence-electron chi connectivity index (χ3n) is 2.61. The number of aromatic nitrogens is 1. The Morgan fingerprint density at radius 2 is 2.20 bits per heavy atom. The van der Waals surface area contributed by atoms with Gasteiger partial charge in [-0.05, 0) is 36.8 Å². The molecule has 1 aromatic heterocycles. The number of ether oxygens (including phenoxy) is 1. The zero-order valence-corrected chi connectivity index (χ0v) is 11.1. The first-order chi connectivity index (χ1) is 9.71. The van der Waals surface area contributed by atoms with Gasteiger partial charge in [-0.2, -0.15) is 5.26 Å². The zero-order valence-electron chi connectivity index (χ0n) is 11.1. The van der Waals surface area contributed by atoms with Crippen molar-refractivity contribution in [3.8, 4) is 11.9 Å². The van der Waals surface area contributed by atoms with Gasteiger partial charge in [-0.1, -0.05) is 0 Å². The molecule has 0 amide bonds.